The summed E-state index contributed by atoms with van der Waals surface area (Å²) in [6.45, 7) is 1.00. The lowest BCUT2D eigenvalue weighted by Crippen LogP contribution is -2.42. The summed E-state index contributed by atoms with van der Waals surface area (Å²) in [6, 6.07) is 0.428. The Balaban J connectivity index is 2.02. The van der Waals surface area contributed by atoms with Crippen LogP contribution in [0.5, 0.6) is 0 Å². The highest BCUT2D eigenvalue weighted by Crippen LogP contribution is 2.40. The molecule has 3 atom stereocenters. The van der Waals surface area contributed by atoms with Crippen LogP contribution in [0.15, 0.2) is 0 Å². The highest BCUT2D eigenvalue weighted by molar-refractivity contribution is 5.75. The third-order valence-corrected chi connectivity index (χ3v) is 2.61. The Morgan fingerprint density at radius 2 is 2.50 bits per heavy atom. The molecule has 0 radical (unpaired) electrons. The summed E-state index contributed by atoms with van der Waals surface area (Å²) >= 11 is 0. The van der Waals surface area contributed by atoms with Crippen molar-refractivity contribution in [2.75, 3.05) is 13.7 Å². The summed E-state index contributed by atoms with van der Waals surface area (Å²) in [5, 5.41) is 3.26. The van der Waals surface area contributed by atoms with Crippen molar-refractivity contribution in [3.05, 3.63) is 0 Å². The number of hydrogen-bond acceptors (Lipinski definition) is 3. The van der Waals surface area contributed by atoms with Crippen LogP contribution in [0.4, 0.5) is 0 Å². The summed E-state index contributed by atoms with van der Waals surface area (Å²) in [5.41, 5.74) is 0. The topological polar surface area (TPSA) is 38.3 Å². The number of carbonyl (C=O) groups excluding carboxylic acids is 1. The number of esters is 1. The molecule has 3 aliphatic rings. The van der Waals surface area contributed by atoms with E-state index >= 15 is 0 Å². The summed E-state index contributed by atoms with van der Waals surface area (Å²) in [5.74, 6) is 0.702. The maximum absolute atomic E-state index is 11.0. The standard InChI is InChI=1S/C7H11NO2/c1-10-7(9)6-4-2-5(6)8-3-4/h4-6,8H,2-3H2,1H3/t4-,5-,6+/m1/s1. The monoisotopic (exact) mass is 141 g/mol. The van der Waals surface area contributed by atoms with E-state index in [1.807, 2.05) is 0 Å². The number of methoxy groups -OCH3 is 1. The first-order chi connectivity index (χ1) is 4.83. The molecule has 0 spiro atoms. The first kappa shape index (κ1) is 6.16. The van der Waals surface area contributed by atoms with Crippen LogP contribution in [-0.4, -0.2) is 25.7 Å². The van der Waals surface area contributed by atoms with E-state index in [4.69, 9.17) is 0 Å². The molecular weight excluding hydrogens is 130 g/mol. The fraction of sp³-hybridized carbons (Fsp3) is 0.857. The van der Waals surface area contributed by atoms with Gasteiger partial charge in [-0.05, 0) is 18.9 Å². The van der Waals surface area contributed by atoms with Gasteiger partial charge < -0.3 is 10.1 Å². The quantitative estimate of drug-likeness (QED) is 0.512. The third-order valence-electron chi connectivity index (χ3n) is 2.61. The molecule has 1 saturated carbocycles. The molecule has 1 N–H and O–H groups in total. The van der Waals surface area contributed by atoms with E-state index < -0.39 is 0 Å². The van der Waals surface area contributed by atoms with Gasteiger partial charge >= 0.3 is 5.97 Å². The Morgan fingerprint density at radius 1 is 1.70 bits per heavy atom. The van der Waals surface area contributed by atoms with Crippen LogP contribution in [0.25, 0.3) is 0 Å². The molecule has 10 heavy (non-hydrogen) atoms. The summed E-state index contributed by atoms with van der Waals surface area (Å²) in [7, 11) is 1.46. The van der Waals surface area contributed by atoms with Crippen molar-refractivity contribution in [1.29, 1.82) is 0 Å². The maximum atomic E-state index is 11.0. The van der Waals surface area contributed by atoms with E-state index in [0.717, 1.165) is 6.54 Å². The predicted molar refractivity (Wildman–Crippen MR) is 35.4 cm³/mol. The van der Waals surface area contributed by atoms with Crippen molar-refractivity contribution in [1.82, 2.24) is 5.32 Å². The lowest BCUT2D eigenvalue weighted by atomic mass is 9.74. The number of ether oxygens (including phenoxy) is 1. The summed E-state index contributed by atoms with van der Waals surface area (Å²) in [4.78, 5) is 11.0. The number of fused-ring (bicyclic) bond motifs is 1. The molecule has 2 heterocycles. The molecule has 3 nitrogen and oxygen atoms in total. The smallest absolute Gasteiger partial charge is 0.310 e. The Labute approximate surface area is 59.7 Å². The molecule has 1 aliphatic carbocycles. The van der Waals surface area contributed by atoms with Gasteiger partial charge in [0, 0.05) is 6.04 Å². The van der Waals surface area contributed by atoms with Gasteiger partial charge in [-0.3, -0.25) is 4.79 Å². The second-order valence-electron chi connectivity index (χ2n) is 3.06. The Hall–Kier alpha value is -0.570. The highest BCUT2D eigenvalue weighted by Gasteiger charge is 2.51. The Bertz CT molecular complexity index is 155. The van der Waals surface area contributed by atoms with Gasteiger partial charge in [-0.1, -0.05) is 0 Å². The molecule has 2 saturated heterocycles. The summed E-state index contributed by atoms with van der Waals surface area (Å²) in [6.07, 6.45) is 1.17. The molecule has 3 rings (SSSR count). The van der Waals surface area contributed by atoms with Crippen molar-refractivity contribution in [2.45, 2.75) is 12.5 Å². The fourth-order valence-electron chi connectivity index (χ4n) is 1.97. The second kappa shape index (κ2) is 1.95. The van der Waals surface area contributed by atoms with Gasteiger partial charge in [-0.2, -0.15) is 0 Å². The minimum Gasteiger partial charge on any atom is -0.469 e. The molecule has 56 valence electrons. The molecule has 0 unspecified atom stereocenters. The van der Waals surface area contributed by atoms with Crippen LogP contribution < -0.4 is 5.32 Å². The van der Waals surface area contributed by atoms with Gasteiger partial charge in [-0.15, -0.1) is 0 Å². The van der Waals surface area contributed by atoms with E-state index in [1.54, 1.807) is 0 Å². The molecule has 3 fully saturated rings. The van der Waals surface area contributed by atoms with E-state index in [2.05, 4.69) is 10.1 Å². The summed E-state index contributed by atoms with van der Waals surface area (Å²) < 4.78 is 4.66. The van der Waals surface area contributed by atoms with Gasteiger partial charge in [0.15, 0.2) is 0 Å². The van der Waals surface area contributed by atoms with Crippen molar-refractivity contribution < 1.29 is 9.53 Å². The first-order valence-corrected chi connectivity index (χ1v) is 3.64. The zero-order valence-corrected chi connectivity index (χ0v) is 5.96. The zero-order valence-electron chi connectivity index (χ0n) is 5.96. The number of rotatable bonds is 1. The van der Waals surface area contributed by atoms with Gasteiger partial charge in [0.25, 0.3) is 0 Å². The van der Waals surface area contributed by atoms with E-state index in [-0.39, 0.29) is 11.9 Å². The van der Waals surface area contributed by atoms with Crippen molar-refractivity contribution in [3.63, 3.8) is 0 Å². The van der Waals surface area contributed by atoms with Crippen LogP contribution in [0.2, 0.25) is 0 Å². The first-order valence-electron chi connectivity index (χ1n) is 3.64. The lowest BCUT2D eigenvalue weighted by Gasteiger charge is -2.31. The van der Waals surface area contributed by atoms with Crippen molar-refractivity contribution in [2.24, 2.45) is 11.8 Å². The largest absolute Gasteiger partial charge is 0.469 e. The Morgan fingerprint density at radius 3 is 2.90 bits per heavy atom. The van der Waals surface area contributed by atoms with Crippen molar-refractivity contribution >= 4 is 5.97 Å². The number of nitrogens with one attached hydrogen (secondary N) is 1. The molecule has 0 amide bonds. The molecule has 0 aromatic heterocycles. The third kappa shape index (κ3) is 0.611. The van der Waals surface area contributed by atoms with Crippen LogP contribution >= 0.6 is 0 Å². The zero-order chi connectivity index (χ0) is 7.14. The molecule has 0 aromatic carbocycles. The molecule has 0 aromatic rings. The van der Waals surface area contributed by atoms with Gasteiger partial charge in [0.1, 0.15) is 0 Å². The van der Waals surface area contributed by atoms with E-state index in [9.17, 15) is 4.79 Å². The van der Waals surface area contributed by atoms with Crippen molar-refractivity contribution in [3.8, 4) is 0 Å². The van der Waals surface area contributed by atoms with E-state index in [1.165, 1.54) is 13.5 Å². The van der Waals surface area contributed by atoms with E-state index in [0.29, 0.717) is 12.0 Å². The second-order valence-corrected chi connectivity index (χ2v) is 3.06. The minimum absolute atomic E-state index is 0.0359. The molecule has 2 bridgehead atoms. The fourth-order valence-corrected chi connectivity index (χ4v) is 1.97. The van der Waals surface area contributed by atoms with Crippen LogP contribution in [0, 0.1) is 11.8 Å². The van der Waals surface area contributed by atoms with Gasteiger partial charge in [0.05, 0.1) is 13.0 Å². The van der Waals surface area contributed by atoms with Crippen LogP contribution in [0.3, 0.4) is 0 Å². The average molecular weight is 141 g/mol. The molecule has 2 aliphatic heterocycles. The average Bonchev–Trinajstić information content (AvgIpc) is 2.44. The highest BCUT2D eigenvalue weighted by atomic mass is 16.5. The lowest BCUT2D eigenvalue weighted by molar-refractivity contribution is -0.150. The Kier molecular flexibility index (Phi) is 1.20. The minimum atomic E-state index is -0.0359. The predicted octanol–water partition coefficient (Wildman–Crippen LogP) is -0.233. The number of hydrogen-bond donors (Lipinski definition) is 1. The van der Waals surface area contributed by atoms with Gasteiger partial charge in [-0.25, -0.2) is 0 Å². The molecular formula is C7H11NO2. The van der Waals surface area contributed by atoms with Gasteiger partial charge in [0.2, 0.25) is 0 Å². The van der Waals surface area contributed by atoms with Crippen LogP contribution in [-0.2, 0) is 9.53 Å². The molecule has 3 heteroatoms. The van der Waals surface area contributed by atoms with Crippen LogP contribution in [0.1, 0.15) is 6.42 Å². The maximum Gasteiger partial charge on any atom is 0.310 e. The number of carbonyl (C=O) groups is 1. The normalized spacial score (nSPS) is 42.7. The SMILES string of the molecule is COC(=O)[C@H]1[C@H]2CN[C@@H]1C2.